The molecule has 1 fully saturated rings. The van der Waals surface area contributed by atoms with Crippen molar-refractivity contribution in [2.45, 2.75) is 91.3 Å². The van der Waals surface area contributed by atoms with Crippen molar-refractivity contribution in [2.24, 2.45) is 5.41 Å². The van der Waals surface area contributed by atoms with Crippen LogP contribution in [0, 0.1) is 5.41 Å². The first-order valence-electron chi connectivity index (χ1n) is 15.4. The first-order chi connectivity index (χ1) is 19.3. The molecule has 0 saturated heterocycles. The maximum atomic E-state index is 5.05. The molecule has 0 radical (unpaired) electrons. The molecule has 3 heteroatoms. The van der Waals surface area contributed by atoms with Gasteiger partial charge in [-0.05, 0) is 98.7 Å². The Balaban J connectivity index is 1.49. The summed E-state index contributed by atoms with van der Waals surface area (Å²) in [6.45, 7) is 19.3. The number of fused-ring (bicyclic) bond motifs is 2. The Kier molecular flexibility index (Phi) is 7.06. The Morgan fingerprint density at radius 2 is 1.51 bits per heavy atom. The van der Waals surface area contributed by atoms with Crippen LogP contribution in [0.4, 0.5) is 0 Å². The third-order valence-electron chi connectivity index (χ3n) is 9.28. The normalized spacial score (nSPS) is 16.5. The van der Waals surface area contributed by atoms with Crippen molar-refractivity contribution >= 4 is 45.5 Å². The summed E-state index contributed by atoms with van der Waals surface area (Å²) >= 11 is 1.96. The molecule has 1 aliphatic carbocycles. The van der Waals surface area contributed by atoms with E-state index >= 15 is 0 Å². The first kappa shape index (κ1) is 28.4. The van der Waals surface area contributed by atoms with Crippen LogP contribution in [0.5, 0.6) is 0 Å². The number of rotatable bonds is 4. The van der Waals surface area contributed by atoms with Crippen molar-refractivity contribution in [1.29, 1.82) is 0 Å². The summed E-state index contributed by atoms with van der Waals surface area (Å²) in [7, 11) is -1.66. The van der Waals surface area contributed by atoms with Crippen LogP contribution in [0.25, 0.3) is 42.6 Å². The van der Waals surface area contributed by atoms with Crippen LogP contribution in [-0.4, -0.2) is 13.1 Å². The highest BCUT2D eigenvalue weighted by atomic mass is 32.1. The number of benzene rings is 3. The van der Waals surface area contributed by atoms with Gasteiger partial charge < -0.3 is 0 Å². The Labute approximate surface area is 252 Å². The van der Waals surface area contributed by atoms with Gasteiger partial charge in [0.05, 0.1) is 18.5 Å². The summed E-state index contributed by atoms with van der Waals surface area (Å²) in [4.78, 5) is 6.50. The lowest BCUT2D eigenvalue weighted by atomic mass is 9.71. The van der Waals surface area contributed by atoms with Gasteiger partial charge in [-0.1, -0.05) is 103 Å². The van der Waals surface area contributed by atoms with Crippen molar-refractivity contribution in [2.75, 3.05) is 0 Å². The third kappa shape index (κ3) is 5.44. The van der Waals surface area contributed by atoms with Crippen LogP contribution in [0.1, 0.15) is 77.3 Å². The van der Waals surface area contributed by atoms with Gasteiger partial charge in [0.15, 0.2) is 0 Å². The van der Waals surface area contributed by atoms with Gasteiger partial charge in [0.1, 0.15) is 0 Å². The Morgan fingerprint density at radius 1 is 0.829 bits per heavy atom. The van der Waals surface area contributed by atoms with Crippen LogP contribution in [-0.2, 0) is 5.41 Å². The number of hydrogen-bond donors (Lipinski definition) is 0. The molecule has 0 unspecified atom stereocenters. The molecule has 1 aliphatic rings. The third-order valence-corrected chi connectivity index (χ3v) is 12.7. The zero-order chi connectivity index (χ0) is 29.2. The molecule has 1 saturated carbocycles. The molecule has 3 aromatic carbocycles. The van der Waals surface area contributed by atoms with E-state index < -0.39 is 8.07 Å². The lowest BCUT2D eigenvalue weighted by molar-refractivity contribution is 0.224. The molecule has 0 bridgehead atoms. The molecule has 41 heavy (non-hydrogen) atoms. The van der Waals surface area contributed by atoms with Crippen molar-refractivity contribution in [3.63, 3.8) is 0 Å². The number of nitrogens with zero attached hydrogens (tertiary/aromatic N) is 1. The van der Waals surface area contributed by atoms with E-state index in [0.29, 0.717) is 11.3 Å². The monoisotopic (exact) mass is 575 g/mol. The van der Waals surface area contributed by atoms with Gasteiger partial charge in [-0.2, -0.15) is 0 Å². The second kappa shape index (κ2) is 10.2. The van der Waals surface area contributed by atoms with Gasteiger partial charge in [0, 0.05) is 16.6 Å². The van der Waals surface area contributed by atoms with E-state index in [1.807, 2.05) is 17.5 Å². The van der Waals surface area contributed by atoms with E-state index in [9.17, 15) is 0 Å². The van der Waals surface area contributed by atoms with Crippen LogP contribution < -0.4 is 5.19 Å². The number of thiophene rings is 1. The van der Waals surface area contributed by atoms with E-state index in [1.165, 1.54) is 73.7 Å². The molecule has 0 N–H and O–H groups in total. The topological polar surface area (TPSA) is 12.9 Å². The highest BCUT2D eigenvalue weighted by Crippen LogP contribution is 2.44. The summed E-state index contributed by atoms with van der Waals surface area (Å²) in [6.07, 6.45) is 7.32. The quantitative estimate of drug-likeness (QED) is 0.194. The minimum Gasteiger partial charge on any atom is -0.255 e. The highest BCUT2D eigenvalue weighted by molar-refractivity contribution is 7.25. The van der Waals surface area contributed by atoms with E-state index in [4.69, 9.17) is 4.98 Å². The maximum Gasteiger partial charge on any atom is 0.0880 e. The SMILES string of the molecule is CC1(C)CCC(c2ccc(-c3sc4c(-c5cc(C(C)(C)C)c6ccccc6c5)nccc4c3[Si](C)(C)C)cc2)CC1. The van der Waals surface area contributed by atoms with Crippen LogP contribution in [0.2, 0.25) is 19.6 Å². The van der Waals surface area contributed by atoms with Crippen molar-refractivity contribution < 1.29 is 0 Å². The summed E-state index contributed by atoms with van der Waals surface area (Å²) in [6, 6.07) is 25.5. The predicted octanol–water partition coefficient (Wildman–Crippen LogP) is 11.3. The smallest absolute Gasteiger partial charge is 0.0880 e. The molecular formula is C38H45NSSi. The zero-order valence-electron chi connectivity index (χ0n) is 26.2. The second-order valence-corrected chi connectivity index (χ2v) is 21.2. The molecule has 5 aromatic rings. The van der Waals surface area contributed by atoms with Gasteiger partial charge >= 0.3 is 0 Å². The van der Waals surface area contributed by atoms with E-state index in [1.54, 1.807) is 5.19 Å². The lowest BCUT2D eigenvalue weighted by Gasteiger charge is -2.34. The standard InChI is InChI=1S/C38H45NSSi/c1-37(2,3)32-24-29(23-28-11-9-10-12-30(28)32)33-35-31(19-22-39-33)36(41(6,7)8)34(40-35)27-15-13-25(14-16-27)26-17-20-38(4,5)21-18-26/h9-16,19,22-24,26H,17-18,20-21H2,1-8H3. The molecule has 2 heterocycles. The highest BCUT2D eigenvalue weighted by Gasteiger charge is 2.30. The van der Waals surface area contributed by atoms with Gasteiger partial charge in [0.2, 0.25) is 0 Å². The summed E-state index contributed by atoms with van der Waals surface area (Å²) in [5.41, 5.74) is 7.17. The fraction of sp³-hybridized carbons (Fsp3) is 0.395. The Morgan fingerprint density at radius 3 is 2.17 bits per heavy atom. The van der Waals surface area contributed by atoms with Gasteiger partial charge in [-0.3, -0.25) is 4.98 Å². The molecule has 1 nitrogen and oxygen atoms in total. The van der Waals surface area contributed by atoms with Crippen LogP contribution in [0.15, 0.2) is 72.9 Å². The minimum atomic E-state index is -1.66. The first-order valence-corrected chi connectivity index (χ1v) is 19.7. The largest absolute Gasteiger partial charge is 0.255 e. The van der Waals surface area contributed by atoms with Crippen LogP contribution >= 0.6 is 11.3 Å². The van der Waals surface area contributed by atoms with E-state index in [0.717, 1.165) is 5.69 Å². The Bertz CT molecular complexity index is 1720. The van der Waals surface area contributed by atoms with Gasteiger partial charge in [-0.15, -0.1) is 11.3 Å². The second-order valence-electron chi connectivity index (χ2n) is 15.1. The lowest BCUT2D eigenvalue weighted by Crippen LogP contribution is -2.38. The molecule has 212 valence electrons. The Hall–Kier alpha value is -2.75. The van der Waals surface area contributed by atoms with E-state index in [-0.39, 0.29) is 5.41 Å². The van der Waals surface area contributed by atoms with Gasteiger partial charge in [-0.25, -0.2) is 0 Å². The molecule has 0 aliphatic heterocycles. The number of aromatic nitrogens is 1. The molecule has 0 spiro atoms. The zero-order valence-corrected chi connectivity index (χ0v) is 28.0. The van der Waals surface area contributed by atoms with Gasteiger partial charge in [0.25, 0.3) is 0 Å². The average molecular weight is 576 g/mol. The summed E-state index contributed by atoms with van der Waals surface area (Å²) in [5, 5.41) is 5.60. The van der Waals surface area contributed by atoms with E-state index in [2.05, 4.69) is 121 Å². The number of pyridine rings is 1. The van der Waals surface area contributed by atoms with Crippen molar-refractivity contribution in [3.8, 4) is 21.7 Å². The molecule has 0 atom stereocenters. The van der Waals surface area contributed by atoms with Crippen molar-refractivity contribution in [1.82, 2.24) is 4.98 Å². The molecule has 2 aromatic heterocycles. The average Bonchev–Trinajstić information content (AvgIpc) is 3.33. The maximum absolute atomic E-state index is 5.05. The van der Waals surface area contributed by atoms with Crippen molar-refractivity contribution in [3.05, 3.63) is 84.1 Å². The predicted molar refractivity (Wildman–Crippen MR) is 185 cm³/mol. The van der Waals surface area contributed by atoms with Crippen LogP contribution in [0.3, 0.4) is 0 Å². The summed E-state index contributed by atoms with van der Waals surface area (Å²) in [5.74, 6) is 0.705. The molecule has 6 rings (SSSR count). The fourth-order valence-corrected chi connectivity index (χ4v) is 11.1. The number of hydrogen-bond acceptors (Lipinski definition) is 2. The minimum absolute atomic E-state index is 0.0451. The molecule has 0 amide bonds. The fourth-order valence-electron chi connectivity index (χ4n) is 6.88. The summed E-state index contributed by atoms with van der Waals surface area (Å²) < 4.78 is 1.33. The molecular weight excluding hydrogens is 531 g/mol.